The monoisotopic (exact) mass is 296 g/mol. The van der Waals surface area contributed by atoms with Crippen molar-refractivity contribution >= 4 is 22.6 Å². The summed E-state index contributed by atoms with van der Waals surface area (Å²) in [6.45, 7) is 12.1. The SMILES string of the molecule is CC(C)CC1C(=O)NCCN1c1nc(C(C)(C)C)ns1. The summed E-state index contributed by atoms with van der Waals surface area (Å²) >= 11 is 1.40. The fourth-order valence-electron chi connectivity index (χ4n) is 2.26. The van der Waals surface area contributed by atoms with Gasteiger partial charge in [0, 0.05) is 30.0 Å². The van der Waals surface area contributed by atoms with Gasteiger partial charge in [-0.05, 0) is 12.3 Å². The zero-order chi connectivity index (χ0) is 14.9. The van der Waals surface area contributed by atoms with E-state index in [0.29, 0.717) is 12.5 Å². The minimum atomic E-state index is -0.121. The first-order chi connectivity index (χ1) is 9.29. The zero-order valence-electron chi connectivity index (χ0n) is 12.9. The lowest BCUT2D eigenvalue weighted by atomic mass is 9.96. The molecule has 6 heteroatoms. The van der Waals surface area contributed by atoms with E-state index in [0.717, 1.165) is 23.9 Å². The van der Waals surface area contributed by atoms with Crippen molar-refractivity contribution in [3.8, 4) is 0 Å². The third kappa shape index (κ3) is 3.29. The van der Waals surface area contributed by atoms with Gasteiger partial charge in [-0.1, -0.05) is 34.6 Å². The quantitative estimate of drug-likeness (QED) is 0.929. The molecule has 5 nitrogen and oxygen atoms in total. The van der Waals surface area contributed by atoms with Crippen molar-refractivity contribution in [2.24, 2.45) is 5.92 Å². The average molecular weight is 296 g/mol. The lowest BCUT2D eigenvalue weighted by Gasteiger charge is -2.35. The summed E-state index contributed by atoms with van der Waals surface area (Å²) in [5.41, 5.74) is -0.0552. The number of rotatable bonds is 3. The Hall–Kier alpha value is -1.17. The Labute approximate surface area is 124 Å². The van der Waals surface area contributed by atoms with Gasteiger partial charge in [0.05, 0.1) is 0 Å². The van der Waals surface area contributed by atoms with Crippen molar-refractivity contribution in [2.75, 3.05) is 18.0 Å². The van der Waals surface area contributed by atoms with Crippen molar-refractivity contribution < 1.29 is 4.79 Å². The molecule has 20 heavy (non-hydrogen) atoms. The van der Waals surface area contributed by atoms with Crippen LogP contribution in [0.15, 0.2) is 0 Å². The molecule has 2 rings (SSSR count). The van der Waals surface area contributed by atoms with E-state index in [-0.39, 0.29) is 17.4 Å². The van der Waals surface area contributed by atoms with Gasteiger partial charge in [0.1, 0.15) is 11.9 Å². The van der Waals surface area contributed by atoms with Gasteiger partial charge in [0.15, 0.2) is 0 Å². The summed E-state index contributed by atoms with van der Waals surface area (Å²) in [4.78, 5) is 18.9. The maximum Gasteiger partial charge on any atom is 0.242 e. The Bertz CT molecular complexity index is 478. The predicted molar refractivity (Wildman–Crippen MR) is 82.2 cm³/mol. The van der Waals surface area contributed by atoms with Gasteiger partial charge in [-0.2, -0.15) is 4.37 Å². The van der Waals surface area contributed by atoms with Crippen LogP contribution in [0.4, 0.5) is 5.13 Å². The molecule has 112 valence electrons. The first kappa shape index (κ1) is 15.2. The molecule has 0 bridgehead atoms. The molecule has 0 radical (unpaired) electrons. The van der Waals surface area contributed by atoms with E-state index in [1.54, 1.807) is 0 Å². The largest absolute Gasteiger partial charge is 0.353 e. The van der Waals surface area contributed by atoms with Crippen molar-refractivity contribution in [1.82, 2.24) is 14.7 Å². The van der Waals surface area contributed by atoms with Crippen molar-refractivity contribution in [3.63, 3.8) is 0 Å². The highest BCUT2D eigenvalue weighted by atomic mass is 32.1. The lowest BCUT2D eigenvalue weighted by Crippen LogP contribution is -2.55. The Kier molecular flexibility index (Phi) is 4.32. The number of carbonyl (C=O) groups excluding carboxylic acids is 1. The van der Waals surface area contributed by atoms with E-state index in [1.165, 1.54) is 11.5 Å². The van der Waals surface area contributed by atoms with Gasteiger partial charge in [-0.3, -0.25) is 4.79 Å². The molecule has 1 amide bonds. The number of anilines is 1. The maximum absolute atomic E-state index is 12.1. The summed E-state index contributed by atoms with van der Waals surface area (Å²) in [7, 11) is 0. The fourth-order valence-corrected chi connectivity index (χ4v) is 3.19. The number of nitrogens with one attached hydrogen (secondary N) is 1. The molecule has 0 spiro atoms. The van der Waals surface area contributed by atoms with Gasteiger partial charge in [0.2, 0.25) is 11.0 Å². The Morgan fingerprint density at radius 3 is 2.70 bits per heavy atom. The molecule has 1 atom stereocenters. The summed E-state index contributed by atoms with van der Waals surface area (Å²) in [6.07, 6.45) is 0.844. The lowest BCUT2D eigenvalue weighted by molar-refractivity contribution is -0.123. The topological polar surface area (TPSA) is 58.1 Å². The van der Waals surface area contributed by atoms with E-state index in [4.69, 9.17) is 0 Å². The molecule has 1 unspecified atom stereocenters. The van der Waals surface area contributed by atoms with Crippen molar-refractivity contribution in [2.45, 2.75) is 52.5 Å². The number of aromatic nitrogens is 2. The first-order valence-electron chi connectivity index (χ1n) is 7.17. The fraction of sp³-hybridized carbons (Fsp3) is 0.786. The highest BCUT2D eigenvalue weighted by Crippen LogP contribution is 2.28. The van der Waals surface area contributed by atoms with Crippen LogP contribution in [-0.2, 0) is 10.2 Å². The van der Waals surface area contributed by atoms with Crippen LogP contribution in [0, 0.1) is 5.92 Å². The van der Waals surface area contributed by atoms with Crippen LogP contribution < -0.4 is 10.2 Å². The van der Waals surface area contributed by atoms with Crippen LogP contribution in [0.25, 0.3) is 0 Å². The van der Waals surface area contributed by atoms with E-state index >= 15 is 0 Å². The molecule has 1 N–H and O–H groups in total. The van der Waals surface area contributed by atoms with Crippen LogP contribution in [0.1, 0.15) is 46.9 Å². The standard InChI is InChI=1S/C14H24N4OS/c1-9(2)8-10-11(19)15-6-7-18(10)13-16-12(17-20-13)14(3,4)5/h9-10H,6-8H2,1-5H3,(H,15,19). The van der Waals surface area contributed by atoms with Gasteiger partial charge in [0.25, 0.3) is 0 Å². The number of hydrogen-bond acceptors (Lipinski definition) is 5. The summed E-state index contributed by atoms with van der Waals surface area (Å²) in [6, 6.07) is -0.121. The highest BCUT2D eigenvalue weighted by Gasteiger charge is 2.33. The van der Waals surface area contributed by atoms with Gasteiger partial charge < -0.3 is 10.2 Å². The minimum Gasteiger partial charge on any atom is -0.353 e. The first-order valence-corrected chi connectivity index (χ1v) is 7.95. The highest BCUT2D eigenvalue weighted by molar-refractivity contribution is 7.09. The molecule has 0 aromatic carbocycles. The van der Waals surface area contributed by atoms with Crippen LogP contribution in [0.3, 0.4) is 0 Å². The zero-order valence-corrected chi connectivity index (χ0v) is 13.8. The molecular formula is C14H24N4OS. The minimum absolute atomic E-state index is 0.0552. The van der Waals surface area contributed by atoms with E-state index < -0.39 is 0 Å². The van der Waals surface area contributed by atoms with Crippen LogP contribution in [0.5, 0.6) is 0 Å². The smallest absolute Gasteiger partial charge is 0.242 e. The van der Waals surface area contributed by atoms with E-state index in [1.807, 2.05) is 0 Å². The molecule has 1 fully saturated rings. The number of carbonyl (C=O) groups is 1. The molecule has 2 heterocycles. The van der Waals surface area contributed by atoms with Crippen molar-refractivity contribution in [1.29, 1.82) is 0 Å². The normalized spacial score (nSPS) is 20.4. The second-order valence-electron chi connectivity index (χ2n) is 6.78. The Morgan fingerprint density at radius 1 is 1.45 bits per heavy atom. The Balaban J connectivity index is 2.24. The molecule has 1 aliphatic heterocycles. The third-order valence-electron chi connectivity index (χ3n) is 3.36. The van der Waals surface area contributed by atoms with Crippen LogP contribution in [-0.4, -0.2) is 34.4 Å². The van der Waals surface area contributed by atoms with E-state index in [9.17, 15) is 4.79 Å². The summed E-state index contributed by atoms with van der Waals surface area (Å²) in [5, 5.41) is 3.82. The molecule has 0 saturated carbocycles. The third-order valence-corrected chi connectivity index (χ3v) is 4.11. The summed E-state index contributed by atoms with van der Waals surface area (Å²) in [5.74, 6) is 1.44. The molecule has 0 aliphatic carbocycles. The second-order valence-corrected chi connectivity index (χ2v) is 7.51. The second kappa shape index (κ2) is 5.68. The van der Waals surface area contributed by atoms with Gasteiger partial charge >= 0.3 is 0 Å². The predicted octanol–water partition coefficient (Wildman–Crippen LogP) is 2.19. The van der Waals surface area contributed by atoms with Crippen molar-refractivity contribution in [3.05, 3.63) is 5.82 Å². The number of nitrogens with zero attached hydrogens (tertiary/aromatic N) is 3. The Morgan fingerprint density at radius 2 is 2.15 bits per heavy atom. The van der Waals surface area contributed by atoms with Gasteiger partial charge in [-0.25, -0.2) is 4.98 Å². The summed E-state index contributed by atoms with van der Waals surface area (Å²) < 4.78 is 4.46. The molecule has 1 aliphatic rings. The molecule has 1 aromatic rings. The maximum atomic E-state index is 12.1. The average Bonchev–Trinajstić information content (AvgIpc) is 2.80. The molecule has 1 saturated heterocycles. The number of hydrogen-bond donors (Lipinski definition) is 1. The number of amides is 1. The molecular weight excluding hydrogens is 272 g/mol. The van der Waals surface area contributed by atoms with Crippen LogP contribution >= 0.6 is 11.5 Å². The molecule has 1 aromatic heterocycles. The van der Waals surface area contributed by atoms with E-state index in [2.05, 4.69) is 54.2 Å². The van der Waals surface area contributed by atoms with Crippen LogP contribution in [0.2, 0.25) is 0 Å². The number of piperazine rings is 1. The van der Waals surface area contributed by atoms with Gasteiger partial charge in [-0.15, -0.1) is 0 Å².